The van der Waals surface area contributed by atoms with Gasteiger partial charge in [0.25, 0.3) is 0 Å². The third kappa shape index (κ3) is 2.87. The first kappa shape index (κ1) is 12.3. The van der Waals surface area contributed by atoms with E-state index in [1.54, 1.807) is 0 Å². The minimum absolute atomic E-state index is 0.327. The summed E-state index contributed by atoms with van der Waals surface area (Å²) in [5.74, 6) is -4.90. The number of hydrogen-bond donors (Lipinski definition) is 1. The maximum atomic E-state index is 13.0. The van der Waals surface area contributed by atoms with E-state index in [2.05, 4.69) is 0 Å². The highest BCUT2D eigenvalue weighted by molar-refractivity contribution is 7.92. The molecule has 1 rings (SSSR count). The molecule has 0 aliphatic heterocycles. The minimum atomic E-state index is -4.16. The number of nitrogens with zero attached hydrogens (tertiary/aromatic N) is 1. The second-order valence-electron chi connectivity index (χ2n) is 2.76. The molecule has 0 saturated carbocycles. The highest BCUT2D eigenvalue weighted by atomic mass is 32.2. The number of halogens is 3. The summed E-state index contributed by atoms with van der Waals surface area (Å²) in [4.78, 5) is 0. The number of benzene rings is 1. The standard InChI is InChI=1S/C8H5F3N2O2S/c9-5-3-6(10)8(7(11)4-5)13-16(14,15)2-1-12/h3-4,13H,2H2. The zero-order valence-corrected chi connectivity index (χ0v) is 8.48. The van der Waals surface area contributed by atoms with E-state index in [0.29, 0.717) is 12.1 Å². The van der Waals surface area contributed by atoms with E-state index in [1.807, 2.05) is 0 Å². The lowest BCUT2D eigenvalue weighted by Gasteiger charge is -2.07. The first-order valence-electron chi connectivity index (χ1n) is 3.87. The van der Waals surface area contributed by atoms with Crippen molar-refractivity contribution in [3.8, 4) is 6.07 Å². The average Bonchev–Trinajstić information content (AvgIpc) is 2.11. The van der Waals surface area contributed by atoms with Crippen LogP contribution in [0, 0.1) is 28.8 Å². The van der Waals surface area contributed by atoms with Crippen LogP contribution in [0.5, 0.6) is 0 Å². The molecule has 0 radical (unpaired) electrons. The highest BCUT2D eigenvalue weighted by Crippen LogP contribution is 2.21. The third-order valence-electron chi connectivity index (χ3n) is 1.52. The molecule has 4 nitrogen and oxygen atoms in total. The Hall–Kier alpha value is -1.75. The molecule has 0 unspecified atom stereocenters. The van der Waals surface area contributed by atoms with Crippen molar-refractivity contribution in [1.29, 1.82) is 5.26 Å². The van der Waals surface area contributed by atoms with Gasteiger partial charge in [-0.15, -0.1) is 0 Å². The Bertz CT molecular complexity index is 528. The monoisotopic (exact) mass is 250 g/mol. The lowest BCUT2D eigenvalue weighted by atomic mass is 10.3. The van der Waals surface area contributed by atoms with Crippen LogP contribution < -0.4 is 4.72 Å². The van der Waals surface area contributed by atoms with Gasteiger partial charge in [0.1, 0.15) is 11.5 Å². The molecule has 0 atom stereocenters. The lowest BCUT2D eigenvalue weighted by molar-refractivity contribution is 0.547. The molecule has 0 bridgehead atoms. The molecule has 0 aliphatic rings. The van der Waals surface area contributed by atoms with Crippen LogP contribution in [0.15, 0.2) is 12.1 Å². The smallest absolute Gasteiger partial charge is 0.246 e. The Morgan fingerprint density at radius 1 is 1.25 bits per heavy atom. The number of nitrogens with one attached hydrogen (secondary N) is 1. The maximum absolute atomic E-state index is 13.0. The Morgan fingerprint density at radius 3 is 2.19 bits per heavy atom. The van der Waals surface area contributed by atoms with Crippen LogP contribution in [0.2, 0.25) is 0 Å². The number of anilines is 1. The van der Waals surface area contributed by atoms with Crippen molar-refractivity contribution < 1.29 is 21.6 Å². The predicted molar refractivity (Wildman–Crippen MR) is 49.3 cm³/mol. The molecule has 16 heavy (non-hydrogen) atoms. The van der Waals surface area contributed by atoms with Gasteiger partial charge in [0.05, 0.1) is 6.07 Å². The summed E-state index contributed by atoms with van der Waals surface area (Å²) in [6.45, 7) is 0. The Balaban J connectivity index is 3.13. The van der Waals surface area contributed by atoms with Gasteiger partial charge in [-0.3, -0.25) is 4.72 Å². The highest BCUT2D eigenvalue weighted by Gasteiger charge is 2.17. The first-order chi connectivity index (χ1) is 7.35. The van der Waals surface area contributed by atoms with E-state index in [9.17, 15) is 21.6 Å². The van der Waals surface area contributed by atoms with Crippen molar-refractivity contribution >= 4 is 15.7 Å². The maximum Gasteiger partial charge on any atom is 0.246 e. The second-order valence-corrected chi connectivity index (χ2v) is 4.49. The van der Waals surface area contributed by atoms with Crippen molar-refractivity contribution in [2.24, 2.45) is 0 Å². The molecule has 1 aromatic rings. The fourth-order valence-electron chi connectivity index (χ4n) is 0.916. The molecular formula is C8H5F3N2O2S. The van der Waals surface area contributed by atoms with Crippen LogP contribution in [-0.2, 0) is 10.0 Å². The normalized spacial score (nSPS) is 10.9. The van der Waals surface area contributed by atoms with Gasteiger partial charge < -0.3 is 0 Å². The summed E-state index contributed by atoms with van der Waals surface area (Å²) in [5.41, 5.74) is -1.00. The predicted octanol–water partition coefficient (Wildman–Crippen LogP) is 1.37. The zero-order chi connectivity index (χ0) is 12.3. The molecule has 0 saturated heterocycles. The Labute approximate surface area is 89.4 Å². The van der Waals surface area contributed by atoms with Crippen molar-refractivity contribution in [3.05, 3.63) is 29.6 Å². The van der Waals surface area contributed by atoms with Crippen molar-refractivity contribution in [1.82, 2.24) is 0 Å². The van der Waals surface area contributed by atoms with Gasteiger partial charge in [-0.1, -0.05) is 0 Å². The van der Waals surface area contributed by atoms with Crippen molar-refractivity contribution in [2.75, 3.05) is 10.5 Å². The van der Waals surface area contributed by atoms with Gasteiger partial charge in [0, 0.05) is 12.1 Å². The van der Waals surface area contributed by atoms with Gasteiger partial charge in [-0.25, -0.2) is 21.6 Å². The summed E-state index contributed by atoms with van der Waals surface area (Å²) in [6, 6.07) is 1.96. The van der Waals surface area contributed by atoms with Crippen LogP contribution in [0.1, 0.15) is 0 Å². The summed E-state index contributed by atoms with van der Waals surface area (Å²) in [6.07, 6.45) is 0. The minimum Gasteiger partial charge on any atom is -0.277 e. The number of nitriles is 1. The third-order valence-corrected chi connectivity index (χ3v) is 2.54. The van der Waals surface area contributed by atoms with Crippen LogP contribution >= 0.6 is 0 Å². The van der Waals surface area contributed by atoms with E-state index in [1.165, 1.54) is 10.8 Å². The number of rotatable bonds is 3. The van der Waals surface area contributed by atoms with Crippen LogP contribution in [-0.4, -0.2) is 14.2 Å². The molecule has 1 N–H and O–H groups in total. The Morgan fingerprint density at radius 2 is 1.75 bits per heavy atom. The molecular weight excluding hydrogens is 245 g/mol. The number of sulfonamides is 1. The van der Waals surface area contributed by atoms with E-state index in [0.717, 1.165) is 0 Å². The first-order valence-corrected chi connectivity index (χ1v) is 5.53. The summed E-state index contributed by atoms with van der Waals surface area (Å²) < 4.78 is 62.0. The Kier molecular flexibility index (Phi) is 3.39. The quantitative estimate of drug-likeness (QED) is 0.880. The van der Waals surface area contributed by atoms with Gasteiger partial charge in [0.15, 0.2) is 17.4 Å². The largest absolute Gasteiger partial charge is 0.277 e. The molecule has 0 aromatic heterocycles. The van der Waals surface area contributed by atoms with E-state index in [-0.39, 0.29) is 0 Å². The van der Waals surface area contributed by atoms with Gasteiger partial charge >= 0.3 is 0 Å². The fourth-order valence-corrected chi connectivity index (χ4v) is 1.66. The van der Waals surface area contributed by atoms with Gasteiger partial charge in [-0.2, -0.15) is 5.26 Å². The topological polar surface area (TPSA) is 70.0 Å². The van der Waals surface area contributed by atoms with Crippen LogP contribution in [0.4, 0.5) is 18.9 Å². The summed E-state index contributed by atoms with van der Waals surface area (Å²) in [5, 5.41) is 8.15. The fraction of sp³-hybridized carbons (Fsp3) is 0.125. The summed E-state index contributed by atoms with van der Waals surface area (Å²) in [7, 11) is -4.16. The molecule has 8 heteroatoms. The van der Waals surface area contributed by atoms with Crippen molar-refractivity contribution in [2.45, 2.75) is 0 Å². The molecule has 1 aromatic carbocycles. The van der Waals surface area contributed by atoms with E-state index < -0.39 is 38.9 Å². The average molecular weight is 250 g/mol. The lowest BCUT2D eigenvalue weighted by Crippen LogP contribution is -2.17. The summed E-state index contributed by atoms with van der Waals surface area (Å²) >= 11 is 0. The van der Waals surface area contributed by atoms with E-state index in [4.69, 9.17) is 5.26 Å². The van der Waals surface area contributed by atoms with Gasteiger partial charge in [-0.05, 0) is 0 Å². The zero-order valence-electron chi connectivity index (χ0n) is 7.67. The molecule has 0 aliphatic carbocycles. The molecule has 0 fully saturated rings. The van der Waals surface area contributed by atoms with Crippen LogP contribution in [0.25, 0.3) is 0 Å². The second kappa shape index (κ2) is 4.40. The van der Waals surface area contributed by atoms with Crippen LogP contribution in [0.3, 0.4) is 0 Å². The molecule has 0 heterocycles. The molecule has 86 valence electrons. The van der Waals surface area contributed by atoms with Gasteiger partial charge in [0.2, 0.25) is 10.0 Å². The molecule has 0 spiro atoms. The van der Waals surface area contributed by atoms with E-state index >= 15 is 0 Å². The number of hydrogen-bond acceptors (Lipinski definition) is 3. The SMILES string of the molecule is N#CCS(=O)(=O)Nc1c(F)cc(F)cc1F. The van der Waals surface area contributed by atoms with Crippen molar-refractivity contribution in [3.63, 3.8) is 0 Å². The molecule has 0 amide bonds.